The quantitative estimate of drug-likeness (QED) is 0.686. The number of aliphatic hydroxyl groups excluding tert-OH is 1. The standard InChI is InChI=1S/C13H22N2O3S/c1-9(2)12(6-7-16)15-19(17,18)13-5-4-11(14)8-10(13)3/h4-5,8-9,12,15-16H,6-7,14H2,1-3H3. The van der Waals surface area contributed by atoms with Crippen molar-refractivity contribution in [1.29, 1.82) is 0 Å². The highest BCUT2D eigenvalue weighted by Gasteiger charge is 2.23. The Morgan fingerprint density at radius 2 is 2.00 bits per heavy atom. The lowest BCUT2D eigenvalue weighted by Crippen LogP contribution is -2.39. The number of benzene rings is 1. The van der Waals surface area contributed by atoms with Crippen LogP contribution in [0.2, 0.25) is 0 Å². The number of anilines is 1. The van der Waals surface area contributed by atoms with E-state index in [1.807, 2.05) is 13.8 Å². The Morgan fingerprint density at radius 1 is 1.37 bits per heavy atom. The third kappa shape index (κ3) is 4.19. The fraction of sp³-hybridized carbons (Fsp3) is 0.538. The maximum atomic E-state index is 12.3. The van der Waals surface area contributed by atoms with Gasteiger partial charge in [-0.3, -0.25) is 0 Å². The molecular formula is C13H22N2O3S. The Bertz CT molecular complexity index is 527. The fourth-order valence-electron chi connectivity index (χ4n) is 1.90. The molecule has 1 aromatic rings. The maximum Gasteiger partial charge on any atom is 0.241 e. The average molecular weight is 286 g/mol. The molecule has 1 atom stereocenters. The van der Waals surface area contributed by atoms with E-state index >= 15 is 0 Å². The Hall–Kier alpha value is -1.11. The lowest BCUT2D eigenvalue weighted by molar-refractivity contribution is 0.256. The van der Waals surface area contributed by atoms with Crippen molar-refractivity contribution in [2.75, 3.05) is 12.3 Å². The second kappa shape index (κ2) is 6.36. The first-order valence-electron chi connectivity index (χ1n) is 6.27. The molecular weight excluding hydrogens is 264 g/mol. The monoisotopic (exact) mass is 286 g/mol. The van der Waals surface area contributed by atoms with Crippen molar-refractivity contribution in [2.45, 2.75) is 38.1 Å². The van der Waals surface area contributed by atoms with E-state index in [-0.39, 0.29) is 23.5 Å². The molecule has 1 aromatic carbocycles. The van der Waals surface area contributed by atoms with Crippen molar-refractivity contribution in [1.82, 2.24) is 4.72 Å². The van der Waals surface area contributed by atoms with E-state index in [1.165, 1.54) is 6.07 Å². The molecule has 0 aliphatic heterocycles. The Balaban J connectivity index is 3.03. The highest BCUT2D eigenvalue weighted by atomic mass is 32.2. The van der Waals surface area contributed by atoms with Crippen molar-refractivity contribution in [3.63, 3.8) is 0 Å². The van der Waals surface area contributed by atoms with Crippen LogP contribution in [0.4, 0.5) is 5.69 Å². The largest absolute Gasteiger partial charge is 0.399 e. The molecule has 0 aromatic heterocycles. The summed E-state index contributed by atoms with van der Waals surface area (Å²) in [4.78, 5) is 0.227. The zero-order chi connectivity index (χ0) is 14.6. The molecule has 6 heteroatoms. The third-order valence-corrected chi connectivity index (χ3v) is 4.69. The number of aliphatic hydroxyl groups is 1. The maximum absolute atomic E-state index is 12.3. The van der Waals surface area contributed by atoms with Gasteiger partial charge in [-0.05, 0) is 43.0 Å². The van der Waals surface area contributed by atoms with Gasteiger partial charge in [-0.2, -0.15) is 0 Å². The van der Waals surface area contributed by atoms with Gasteiger partial charge >= 0.3 is 0 Å². The Labute approximate surface area is 114 Å². The molecule has 5 nitrogen and oxygen atoms in total. The third-order valence-electron chi connectivity index (χ3n) is 3.04. The second-order valence-electron chi connectivity index (χ2n) is 5.01. The Kier molecular flexibility index (Phi) is 5.34. The van der Waals surface area contributed by atoms with Crippen LogP contribution in [0.5, 0.6) is 0 Å². The van der Waals surface area contributed by atoms with Crippen molar-refractivity contribution < 1.29 is 13.5 Å². The number of aryl methyl sites for hydroxylation is 1. The van der Waals surface area contributed by atoms with Crippen LogP contribution in [0, 0.1) is 12.8 Å². The predicted octanol–water partition coefficient (Wildman–Crippen LogP) is 1.26. The van der Waals surface area contributed by atoms with Crippen LogP contribution in [-0.2, 0) is 10.0 Å². The van der Waals surface area contributed by atoms with E-state index in [1.54, 1.807) is 19.1 Å². The van der Waals surface area contributed by atoms with Gasteiger partial charge in [0.15, 0.2) is 0 Å². The molecule has 0 saturated heterocycles. The summed E-state index contributed by atoms with van der Waals surface area (Å²) >= 11 is 0. The van der Waals surface area contributed by atoms with Crippen LogP contribution < -0.4 is 10.5 Å². The molecule has 0 saturated carbocycles. The van der Waals surface area contributed by atoms with Crippen molar-refractivity contribution in [3.8, 4) is 0 Å². The highest BCUT2D eigenvalue weighted by Crippen LogP contribution is 2.19. The summed E-state index contributed by atoms with van der Waals surface area (Å²) in [7, 11) is -3.59. The van der Waals surface area contributed by atoms with E-state index in [9.17, 15) is 8.42 Å². The molecule has 0 heterocycles. The summed E-state index contributed by atoms with van der Waals surface area (Å²) in [5, 5.41) is 8.99. The number of hydrogen-bond donors (Lipinski definition) is 3. The van der Waals surface area contributed by atoms with Crippen LogP contribution >= 0.6 is 0 Å². The number of nitrogens with one attached hydrogen (secondary N) is 1. The first-order chi connectivity index (χ1) is 8.77. The molecule has 108 valence electrons. The van der Waals surface area contributed by atoms with E-state index in [0.29, 0.717) is 17.7 Å². The summed E-state index contributed by atoms with van der Waals surface area (Å²) in [5.41, 5.74) is 6.76. The van der Waals surface area contributed by atoms with Crippen LogP contribution in [-0.4, -0.2) is 26.2 Å². The van der Waals surface area contributed by atoms with Gasteiger partial charge in [-0.15, -0.1) is 0 Å². The topological polar surface area (TPSA) is 92.4 Å². The lowest BCUT2D eigenvalue weighted by Gasteiger charge is -2.22. The van der Waals surface area contributed by atoms with Crippen molar-refractivity contribution in [2.24, 2.45) is 5.92 Å². The normalized spacial score (nSPS) is 13.7. The van der Waals surface area contributed by atoms with Crippen molar-refractivity contribution in [3.05, 3.63) is 23.8 Å². The second-order valence-corrected chi connectivity index (χ2v) is 6.69. The number of nitrogens with two attached hydrogens (primary N) is 1. The molecule has 4 N–H and O–H groups in total. The molecule has 0 spiro atoms. The average Bonchev–Trinajstić information content (AvgIpc) is 2.27. The van der Waals surface area contributed by atoms with Gasteiger partial charge in [0.1, 0.15) is 0 Å². The minimum absolute atomic E-state index is 0.0495. The zero-order valence-corrected chi connectivity index (χ0v) is 12.4. The van der Waals surface area contributed by atoms with E-state index < -0.39 is 10.0 Å². The van der Waals surface area contributed by atoms with E-state index in [4.69, 9.17) is 10.8 Å². The van der Waals surface area contributed by atoms with Gasteiger partial charge in [-0.1, -0.05) is 13.8 Å². The van der Waals surface area contributed by atoms with Gasteiger partial charge < -0.3 is 10.8 Å². The van der Waals surface area contributed by atoms with Crippen molar-refractivity contribution >= 4 is 15.7 Å². The minimum Gasteiger partial charge on any atom is -0.399 e. The summed E-state index contributed by atoms with van der Waals surface area (Å²) in [6, 6.07) is 4.42. The molecule has 0 aliphatic rings. The summed E-state index contributed by atoms with van der Waals surface area (Å²) in [5.74, 6) is 0.107. The molecule has 0 bridgehead atoms. The van der Waals surface area contributed by atoms with Gasteiger partial charge in [0.2, 0.25) is 10.0 Å². The molecule has 0 fully saturated rings. The predicted molar refractivity (Wildman–Crippen MR) is 76.2 cm³/mol. The van der Waals surface area contributed by atoms with Crippen LogP contribution in [0.15, 0.2) is 23.1 Å². The first-order valence-corrected chi connectivity index (χ1v) is 7.75. The summed E-state index contributed by atoms with van der Waals surface area (Å²) in [6.45, 7) is 5.49. The van der Waals surface area contributed by atoms with E-state index in [2.05, 4.69) is 4.72 Å². The Morgan fingerprint density at radius 3 is 2.47 bits per heavy atom. The molecule has 0 amide bonds. The lowest BCUT2D eigenvalue weighted by atomic mass is 10.0. The molecule has 1 unspecified atom stereocenters. The smallest absolute Gasteiger partial charge is 0.241 e. The summed E-state index contributed by atoms with van der Waals surface area (Å²) < 4.78 is 27.3. The summed E-state index contributed by atoms with van der Waals surface area (Å²) in [6.07, 6.45) is 0.394. The highest BCUT2D eigenvalue weighted by molar-refractivity contribution is 7.89. The van der Waals surface area contributed by atoms with Gasteiger partial charge in [-0.25, -0.2) is 13.1 Å². The number of rotatable bonds is 6. The SMILES string of the molecule is Cc1cc(N)ccc1S(=O)(=O)NC(CCO)C(C)C. The number of hydrogen-bond acceptors (Lipinski definition) is 4. The first kappa shape index (κ1) is 15.9. The van der Waals surface area contributed by atoms with Gasteiger partial charge in [0, 0.05) is 18.3 Å². The van der Waals surface area contributed by atoms with Crippen LogP contribution in [0.25, 0.3) is 0 Å². The van der Waals surface area contributed by atoms with E-state index in [0.717, 1.165) is 0 Å². The number of sulfonamides is 1. The van der Waals surface area contributed by atoms with Gasteiger partial charge in [0.25, 0.3) is 0 Å². The molecule has 1 rings (SSSR count). The zero-order valence-electron chi connectivity index (χ0n) is 11.6. The van der Waals surface area contributed by atoms with Gasteiger partial charge in [0.05, 0.1) is 4.90 Å². The molecule has 0 aliphatic carbocycles. The molecule has 0 radical (unpaired) electrons. The molecule has 19 heavy (non-hydrogen) atoms. The fourth-order valence-corrected chi connectivity index (χ4v) is 3.55. The minimum atomic E-state index is -3.59. The number of nitrogen functional groups attached to an aromatic ring is 1. The van der Waals surface area contributed by atoms with Crippen LogP contribution in [0.3, 0.4) is 0 Å². The van der Waals surface area contributed by atoms with Crippen LogP contribution in [0.1, 0.15) is 25.8 Å².